The average molecular weight is 384 g/mol. The van der Waals surface area contributed by atoms with Crippen LogP contribution in [0.1, 0.15) is 34.3 Å². The average Bonchev–Trinajstić information content (AvgIpc) is 2.64. The lowest BCUT2D eigenvalue weighted by atomic mass is 10.1. The highest BCUT2D eigenvalue weighted by atomic mass is 16.5. The number of carbonyl (C=O) groups excluding carboxylic acids is 2. The number of carboxylic acids is 1. The highest BCUT2D eigenvalue weighted by Crippen LogP contribution is 2.19. The lowest BCUT2D eigenvalue weighted by Gasteiger charge is -2.10. The van der Waals surface area contributed by atoms with E-state index in [1.807, 2.05) is 32.0 Å². The molecule has 0 fully saturated rings. The second-order valence-corrected chi connectivity index (χ2v) is 6.39. The van der Waals surface area contributed by atoms with E-state index >= 15 is 0 Å². The van der Waals surface area contributed by atoms with Crippen molar-refractivity contribution in [2.45, 2.75) is 26.7 Å². The lowest BCUT2D eigenvalue weighted by molar-refractivity contribution is -0.136. The molecule has 0 heterocycles. The summed E-state index contributed by atoms with van der Waals surface area (Å²) in [7, 11) is 0. The molecule has 0 aliphatic carbocycles. The van der Waals surface area contributed by atoms with Gasteiger partial charge in [0.25, 0.3) is 5.91 Å². The van der Waals surface area contributed by atoms with Crippen LogP contribution in [-0.2, 0) is 9.59 Å². The first kappa shape index (κ1) is 21.0. The van der Waals surface area contributed by atoms with Crippen LogP contribution in [0.3, 0.4) is 0 Å². The number of nitrogens with one attached hydrogen (secondary N) is 2. The standard InChI is InChI=1S/C21H24N2O5/c1-14-3-4-15(2)18(13-14)28-12-10-19(24)23-17-7-5-16(6-8-17)21(27)22-11-9-20(25)26/h3-8,13H,9-12H2,1-2H3,(H,22,27)(H,23,24)(H,25,26). The Balaban J connectivity index is 1.78. The van der Waals surface area contributed by atoms with Gasteiger partial charge in [0.05, 0.1) is 19.4 Å². The molecule has 2 amide bonds. The minimum Gasteiger partial charge on any atom is -0.493 e. The van der Waals surface area contributed by atoms with Crippen LogP contribution in [0.5, 0.6) is 5.75 Å². The van der Waals surface area contributed by atoms with E-state index in [2.05, 4.69) is 10.6 Å². The second kappa shape index (κ2) is 10.1. The normalized spacial score (nSPS) is 10.2. The molecule has 3 N–H and O–H groups in total. The quantitative estimate of drug-likeness (QED) is 0.617. The van der Waals surface area contributed by atoms with Gasteiger partial charge in [-0.15, -0.1) is 0 Å². The molecule has 2 aromatic rings. The summed E-state index contributed by atoms with van der Waals surface area (Å²) in [6, 6.07) is 12.3. The Labute approximate surface area is 163 Å². The highest BCUT2D eigenvalue weighted by molar-refractivity contribution is 5.95. The third-order valence-electron chi connectivity index (χ3n) is 3.99. The molecule has 0 aromatic heterocycles. The van der Waals surface area contributed by atoms with E-state index in [-0.39, 0.29) is 37.8 Å². The number of benzene rings is 2. The maximum Gasteiger partial charge on any atom is 0.305 e. The molecular formula is C21H24N2O5. The van der Waals surface area contributed by atoms with Crippen molar-refractivity contribution in [2.24, 2.45) is 0 Å². The number of hydrogen-bond donors (Lipinski definition) is 3. The first-order valence-corrected chi connectivity index (χ1v) is 8.95. The van der Waals surface area contributed by atoms with Gasteiger partial charge in [0.1, 0.15) is 5.75 Å². The van der Waals surface area contributed by atoms with Gasteiger partial charge in [-0.2, -0.15) is 0 Å². The van der Waals surface area contributed by atoms with E-state index < -0.39 is 5.97 Å². The number of anilines is 1. The fraction of sp³-hybridized carbons (Fsp3) is 0.286. The molecule has 0 atom stereocenters. The number of hydrogen-bond acceptors (Lipinski definition) is 4. The Bertz CT molecular complexity index is 846. The minimum atomic E-state index is -0.972. The van der Waals surface area contributed by atoms with E-state index in [0.717, 1.165) is 16.9 Å². The number of ether oxygens (including phenoxy) is 1. The van der Waals surface area contributed by atoms with Gasteiger partial charge in [0, 0.05) is 17.8 Å². The van der Waals surface area contributed by atoms with E-state index in [1.165, 1.54) is 0 Å². The van der Waals surface area contributed by atoms with Crippen molar-refractivity contribution in [1.82, 2.24) is 5.32 Å². The van der Waals surface area contributed by atoms with Gasteiger partial charge in [0.15, 0.2) is 0 Å². The lowest BCUT2D eigenvalue weighted by Crippen LogP contribution is -2.25. The van der Waals surface area contributed by atoms with Gasteiger partial charge < -0.3 is 20.5 Å². The van der Waals surface area contributed by atoms with Gasteiger partial charge in [-0.3, -0.25) is 14.4 Å². The third-order valence-corrected chi connectivity index (χ3v) is 3.99. The van der Waals surface area contributed by atoms with Crippen LogP contribution < -0.4 is 15.4 Å². The molecule has 2 aromatic carbocycles. The van der Waals surface area contributed by atoms with Crippen LogP contribution in [-0.4, -0.2) is 36.0 Å². The van der Waals surface area contributed by atoms with Crippen LogP contribution in [0.2, 0.25) is 0 Å². The predicted octanol–water partition coefficient (Wildman–Crippen LogP) is 2.92. The summed E-state index contributed by atoms with van der Waals surface area (Å²) in [5.41, 5.74) is 3.07. The molecule has 148 valence electrons. The number of aryl methyl sites for hydroxylation is 2. The van der Waals surface area contributed by atoms with Gasteiger partial charge in [-0.1, -0.05) is 12.1 Å². The first-order chi connectivity index (χ1) is 13.3. The molecule has 0 saturated carbocycles. The van der Waals surface area contributed by atoms with E-state index in [0.29, 0.717) is 11.3 Å². The molecule has 2 rings (SSSR count). The third kappa shape index (κ3) is 6.75. The topological polar surface area (TPSA) is 105 Å². The molecular weight excluding hydrogens is 360 g/mol. The number of carbonyl (C=O) groups is 3. The molecule has 0 aliphatic heterocycles. The van der Waals surface area contributed by atoms with Crippen LogP contribution in [0, 0.1) is 13.8 Å². The minimum absolute atomic E-state index is 0.0626. The zero-order valence-electron chi connectivity index (χ0n) is 16.0. The van der Waals surface area contributed by atoms with Gasteiger partial charge in [0.2, 0.25) is 5.91 Å². The Kier molecular flexibility index (Phi) is 7.56. The predicted molar refractivity (Wildman–Crippen MR) is 106 cm³/mol. The van der Waals surface area contributed by atoms with Crippen LogP contribution in [0.4, 0.5) is 5.69 Å². The SMILES string of the molecule is Cc1ccc(C)c(OCCC(=O)Nc2ccc(C(=O)NCCC(=O)O)cc2)c1. The summed E-state index contributed by atoms with van der Waals surface area (Å²) < 4.78 is 5.68. The largest absolute Gasteiger partial charge is 0.493 e. The van der Waals surface area contributed by atoms with Crippen LogP contribution in [0.25, 0.3) is 0 Å². The van der Waals surface area contributed by atoms with Crippen molar-refractivity contribution in [3.05, 3.63) is 59.2 Å². The number of rotatable bonds is 9. The Morgan fingerprint density at radius 1 is 1.00 bits per heavy atom. The summed E-state index contributed by atoms with van der Waals surface area (Å²) in [5.74, 6) is -0.754. The summed E-state index contributed by atoms with van der Waals surface area (Å²) in [4.78, 5) is 34.4. The monoisotopic (exact) mass is 384 g/mol. The Hall–Kier alpha value is -3.35. The van der Waals surface area contributed by atoms with Gasteiger partial charge >= 0.3 is 5.97 Å². The second-order valence-electron chi connectivity index (χ2n) is 6.39. The maximum absolute atomic E-state index is 12.1. The zero-order chi connectivity index (χ0) is 20.5. The Morgan fingerprint density at radius 3 is 2.39 bits per heavy atom. The Morgan fingerprint density at radius 2 is 1.71 bits per heavy atom. The van der Waals surface area contributed by atoms with E-state index in [1.54, 1.807) is 24.3 Å². The van der Waals surface area contributed by atoms with Crippen LogP contribution >= 0.6 is 0 Å². The number of carboxylic acid groups (broad SMARTS) is 1. The summed E-state index contributed by atoms with van der Waals surface area (Å²) >= 11 is 0. The molecule has 0 unspecified atom stereocenters. The smallest absolute Gasteiger partial charge is 0.305 e. The number of amides is 2. The summed E-state index contributed by atoms with van der Waals surface area (Å²) in [5, 5.41) is 13.8. The molecule has 0 spiro atoms. The molecule has 0 radical (unpaired) electrons. The van der Waals surface area contributed by atoms with Crippen molar-refractivity contribution in [3.8, 4) is 5.75 Å². The van der Waals surface area contributed by atoms with Crippen molar-refractivity contribution in [3.63, 3.8) is 0 Å². The van der Waals surface area contributed by atoms with Gasteiger partial charge in [-0.05, 0) is 55.3 Å². The van der Waals surface area contributed by atoms with Gasteiger partial charge in [-0.25, -0.2) is 0 Å². The van der Waals surface area contributed by atoms with E-state index in [4.69, 9.17) is 9.84 Å². The maximum atomic E-state index is 12.1. The molecule has 0 bridgehead atoms. The van der Waals surface area contributed by atoms with Crippen molar-refractivity contribution in [1.29, 1.82) is 0 Å². The fourth-order valence-corrected chi connectivity index (χ4v) is 2.43. The summed E-state index contributed by atoms with van der Waals surface area (Å²) in [6.45, 7) is 4.26. The van der Waals surface area contributed by atoms with Crippen molar-refractivity contribution < 1.29 is 24.2 Å². The number of aliphatic carboxylic acids is 1. The zero-order valence-corrected chi connectivity index (χ0v) is 16.0. The molecule has 7 heteroatoms. The fourth-order valence-electron chi connectivity index (χ4n) is 2.43. The van der Waals surface area contributed by atoms with E-state index in [9.17, 15) is 14.4 Å². The van der Waals surface area contributed by atoms with Crippen molar-refractivity contribution >= 4 is 23.5 Å². The molecule has 28 heavy (non-hydrogen) atoms. The molecule has 0 aliphatic rings. The molecule has 0 saturated heterocycles. The van der Waals surface area contributed by atoms with Crippen molar-refractivity contribution in [2.75, 3.05) is 18.5 Å². The molecule has 7 nitrogen and oxygen atoms in total. The highest BCUT2D eigenvalue weighted by Gasteiger charge is 2.08. The first-order valence-electron chi connectivity index (χ1n) is 8.95. The van der Waals surface area contributed by atoms with Crippen LogP contribution in [0.15, 0.2) is 42.5 Å². The summed E-state index contributed by atoms with van der Waals surface area (Å²) in [6.07, 6.45) is 0.0643.